The number of anilines is 1. The number of carbonyl (C=O) groups excluding carboxylic acids is 2. The Bertz CT molecular complexity index is 831. The predicted octanol–water partition coefficient (Wildman–Crippen LogP) is 3.84. The van der Waals surface area contributed by atoms with Gasteiger partial charge in [0.25, 0.3) is 5.91 Å². The first-order valence-corrected chi connectivity index (χ1v) is 9.35. The minimum absolute atomic E-state index is 0.0955. The Hall–Kier alpha value is -2.40. The van der Waals surface area contributed by atoms with Crippen LogP contribution in [0.1, 0.15) is 47.6 Å². The molecule has 0 bridgehead atoms. The van der Waals surface area contributed by atoms with Gasteiger partial charge in [-0.1, -0.05) is 29.8 Å². The van der Waals surface area contributed by atoms with Gasteiger partial charge in [-0.15, -0.1) is 0 Å². The molecule has 0 N–H and O–H groups in total. The minimum atomic E-state index is -0.332. The fraction of sp³-hybridized carbons (Fsp3) is 0.350. The third-order valence-corrected chi connectivity index (χ3v) is 5.34. The normalized spacial score (nSPS) is 19.6. The molecule has 3 heterocycles. The van der Waals surface area contributed by atoms with Crippen LogP contribution in [0.3, 0.4) is 0 Å². The molecule has 1 unspecified atom stereocenters. The van der Waals surface area contributed by atoms with Crippen molar-refractivity contribution in [2.75, 3.05) is 18.0 Å². The van der Waals surface area contributed by atoms with E-state index in [1.807, 2.05) is 29.2 Å². The maximum Gasteiger partial charge on any atom is 0.260 e. The lowest BCUT2D eigenvalue weighted by molar-refractivity contribution is -0.132. The zero-order valence-electron chi connectivity index (χ0n) is 14.4. The lowest BCUT2D eigenvalue weighted by Crippen LogP contribution is -2.38. The van der Waals surface area contributed by atoms with Gasteiger partial charge in [0.1, 0.15) is 5.82 Å². The molecule has 0 spiro atoms. The summed E-state index contributed by atoms with van der Waals surface area (Å²) in [5.74, 6) is 0.497. The van der Waals surface area contributed by atoms with Gasteiger partial charge in [0, 0.05) is 24.8 Å². The molecule has 1 fully saturated rings. The van der Waals surface area contributed by atoms with E-state index in [1.165, 1.54) is 12.6 Å². The zero-order valence-corrected chi connectivity index (χ0v) is 15.2. The van der Waals surface area contributed by atoms with Crippen molar-refractivity contribution in [3.63, 3.8) is 0 Å². The highest BCUT2D eigenvalue weighted by Crippen LogP contribution is 2.39. The van der Waals surface area contributed by atoms with Crippen molar-refractivity contribution in [3.05, 3.63) is 58.7 Å². The van der Waals surface area contributed by atoms with Gasteiger partial charge in [0.05, 0.1) is 17.5 Å². The summed E-state index contributed by atoms with van der Waals surface area (Å²) >= 11 is 5.94. The Labute approximate surface area is 157 Å². The molecule has 26 heavy (non-hydrogen) atoms. The summed E-state index contributed by atoms with van der Waals surface area (Å²) in [7, 11) is 0. The van der Waals surface area contributed by atoms with E-state index in [1.54, 1.807) is 17.0 Å². The number of carbonyl (C=O) groups is 2. The van der Waals surface area contributed by atoms with Crippen LogP contribution in [-0.4, -0.2) is 34.8 Å². The van der Waals surface area contributed by atoms with Gasteiger partial charge < -0.3 is 4.90 Å². The van der Waals surface area contributed by atoms with Gasteiger partial charge in [-0.05, 0) is 43.0 Å². The van der Waals surface area contributed by atoms with E-state index < -0.39 is 0 Å². The van der Waals surface area contributed by atoms with Crippen LogP contribution in [0.4, 0.5) is 5.82 Å². The van der Waals surface area contributed by atoms with Crippen LogP contribution in [-0.2, 0) is 4.79 Å². The van der Waals surface area contributed by atoms with E-state index in [4.69, 9.17) is 11.6 Å². The molecule has 2 aromatic rings. The van der Waals surface area contributed by atoms with Crippen LogP contribution < -0.4 is 4.90 Å². The molecular weight excluding hydrogens is 350 g/mol. The second kappa shape index (κ2) is 7.08. The van der Waals surface area contributed by atoms with Crippen molar-refractivity contribution >= 4 is 29.2 Å². The van der Waals surface area contributed by atoms with E-state index in [2.05, 4.69) is 4.98 Å². The second-order valence-electron chi connectivity index (χ2n) is 6.76. The number of halogens is 1. The first-order valence-electron chi connectivity index (χ1n) is 8.97. The number of aromatic nitrogens is 1. The third kappa shape index (κ3) is 3.07. The topological polar surface area (TPSA) is 53.5 Å². The monoisotopic (exact) mass is 369 g/mol. The number of hydrogen-bond acceptors (Lipinski definition) is 3. The first-order chi connectivity index (χ1) is 12.6. The average molecular weight is 370 g/mol. The molecular formula is C20H20ClN3O2. The number of fused-ring (bicyclic) bond motifs is 1. The van der Waals surface area contributed by atoms with Gasteiger partial charge >= 0.3 is 0 Å². The molecule has 1 aromatic heterocycles. The Morgan fingerprint density at radius 3 is 2.62 bits per heavy atom. The van der Waals surface area contributed by atoms with Gasteiger partial charge in [-0.25, -0.2) is 4.98 Å². The number of rotatable bonds is 3. The Morgan fingerprint density at radius 2 is 1.88 bits per heavy atom. The van der Waals surface area contributed by atoms with Crippen molar-refractivity contribution in [1.29, 1.82) is 0 Å². The largest absolute Gasteiger partial charge is 0.343 e. The number of pyridine rings is 1. The van der Waals surface area contributed by atoms with Gasteiger partial charge in [0.15, 0.2) is 0 Å². The SMILES string of the molecule is O=C(CC1c2ccccc2C(=O)N1c1ccc(Cl)cn1)N1CCCCC1. The highest BCUT2D eigenvalue weighted by atomic mass is 35.5. The zero-order chi connectivity index (χ0) is 18.1. The standard InChI is InChI=1S/C20H20ClN3O2/c21-14-8-9-18(22-13-14)24-17(12-19(25)23-10-4-1-5-11-23)15-6-2-3-7-16(15)20(24)26/h2-3,6-9,13,17H,1,4-5,10-12H2. The molecule has 2 aliphatic rings. The Balaban J connectivity index is 1.66. The molecule has 0 radical (unpaired) electrons. The maximum atomic E-state index is 13.0. The fourth-order valence-electron chi connectivity index (χ4n) is 3.81. The number of benzene rings is 1. The summed E-state index contributed by atoms with van der Waals surface area (Å²) in [6.45, 7) is 1.61. The van der Waals surface area contributed by atoms with Crippen LogP contribution in [0.2, 0.25) is 5.02 Å². The minimum Gasteiger partial charge on any atom is -0.343 e. The van der Waals surface area contributed by atoms with Crippen molar-refractivity contribution in [1.82, 2.24) is 9.88 Å². The highest BCUT2D eigenvalue weighted by Gasteiger charge is 2.39. The molecule has 2 amide bonds. The quantitative estimate of drug-likeness (QED) is 0.826. The molecule has 0 aliphatic carbocycles. The van der Waals surface area contributed by atoms with E-state index in [0.717, 1.165) is 31.5 Å². The molecule has 1 aromatic carbocycles. The summed E-state index contributed by atoms with van der Waals surface area (Å²) in [6, 6.07) is 10.6. The summed E-state index contributed by atoms with van der Waals surface area (Å²) in [5.41, 5.74) is 1.53. The van der Waals surface area contributed by atoms with Gasteiger partial charge in [0.2, 0.25) is 5.91 Å². The summed E-state index contributed by atoms with van der Waals surface area (Å²) in [4.78, 5) is 33.7. The van der Waals surface area contributed by atoms with Crippen LogP contribution in [0.5, 0.6) is 0 Å². The van der Waals surface area contributed by atoms with Crippen LogP contribution in [0.25, 0.3) is 0 Å². The molecule has 1 saturated heterocycles. The Morgan fingerprint density at radius 1 is 1.12 bits per heavy atom. The molecule has 5 nitrogen and oxygen atoms in total. The lowest BCUT2D eigenvalue weighted by Gasteiger charge is -2.30. The van der Waals surface area contributed by atoms with Gasteiger partial charge in [-0.2, -0.15) is 0 Å². The molecule has 0 saturated carbocycles. The number of likely N-dealkylation sites (tertiary alicyclic amines) is 1. The van der Waals surface area contributed by atoms with Crippen molar-refractivity contribution < 1.29 is 9.59 Å². The first kappa shape index (κ1) is 17.0. The third-order valence-electron chi connectivity index (χ3n) is 5.12. The van der Waals surface area contributed by atoms with Crippen LogP contribution >= 0.6 is 11.6 Å². The van der Waals surface area contributed by atoms with Crippen molar-refractivity contribution in [3.8, 4) is 0 Å². The van der Waals surface area contributed by atoms with E-state index in [-0.39, 0.29) is 24.3 Å². The van der Waals surface area contributed by atoms with E-state index in [0.29, 0.717) is 16.4 Å². The van der Waals surface area contributed by atoms with E-state index >= 15 is 0 Å². The number of amides is 2. The number of piperidine rings is 1. The van der Waals surface area contributed by atoms with Gasteiger partial charge in [-0.3, -0.25) is 14.5 Å². The molecule has 4 rings (SSSR count). The predicted molar refractivity (Wildman–Crippen MR) is 100 cm³/mol. The summed E-state index contributed by atoms with van der Waals surface area (Å²) in [6.07, 6.45) is 5.07. The molecule has 1 atom stereocenters. The van der Waals surface area contributed by atoms with Crippen molar-refractivity contribution in [2.24, 2.45) is 0 Å². The van der Waals surface area contributed by atoms with Crippen LogP contribution in [0, 0.1) is 0 Å². The number of hydrogen-bond donors (Lipinski definition) is 0. The average Bonchev–Trinajstić information content (AvgIpc) is 2.95. The smallest absolute Gasteiger partial charge is 0.260 e. The number of nitrogens with zero attached hydrogens (tertiary/aromatic N) is 3. The highest BCUT2D eigenvalue weighted by molar-refractivity contribution is 6.30. The van der Waals surface area contributed by atoms with Crippen LogP contribution in [0.15, 0.2) is 42.6 Å². The Kier molecular flexibility index (Phi) is 4.64. The molecule has 134 valence electrons. The van der Waals surface area contributed by atoms with E-state index in [9.17, 15) is 9.59 Å². The summed E-state index contributed by atoms with van der Waals surface area (Å²) in [5, 5.41) is 0.513. The molecule has 2 aliphatic heterocycles. The maximum absolute atomic E-state index is 13.0. The summed E-state index contributed by atoms with van der Waals surface area (Å²) < 4.78 is 0. The second-order valence-corrected chi connectivity index (χ2v) is 7.19. The molecule has 6 heteroatoms. The van der Waals surface area contributed by atoms with Crippen molar-refractivity contribution in [2.45, 2.75) is 31.7 Å². The fourth-order valence-corrected chi connectivity index (χ4v) is 3.92. The lowest BCUT2D eigenvalue weighted by atomic mass is 10.0.